The predicted octanol–water partition coefficient (Wildman–Crippen LogP) is 2.26. The molecule has 1 amide bonds. The number of fused-ring (bicyclic) bond motifs is 1. The van der Waals surface area contributed by atoms with Gasteiger partial charge in [-0.25, -0.2) is 4.79 Å². The molecule has 6 nitrogen and oxygen atoms in total. The van der Waals surface area contributed by atoms with Crippen LogP contribution < -0.4 is 5.32 Å². The third-order valence-electron chi connectivity index (χ3n) is 3.93. The summed E-state index contributed by atoms with van der Waals surface area (Å²) < 4.78 is 22.6. The number of ether oxygens (including phenoxy) is 4. The van der Waals surface area contributed by atoms with Gasteiger partial charge in [-0.3, -0.25) is 0 Å². The summed E-state index contributed by atoms with van der Waals surface area (Å²) in [6, 6.07) is 9.57. The van der Waals surface area contributed by atoms with E-state index in [0.29, 0.717) is 13.2 Å². The first kappa shape index (κ1) is 17.2. The average Bonchev–Trinajstić information content (AvgIpc) is 3.20. The molecular formula is C18H25NO5. The first-order chi connectivity index (χ1) is 11.4. The van der Waals surface area contributed by atoms with E-state index in [1.807, 2.05) is 51.1 Å². The maximum Gasteiger partial charge on any atom is 0.407 e. The number of amides is 1. The molecule has 2 aliphatic heterocycles. The van der Waals surface area contributed by atoms with E-state index in [9.17, 15) is 4.79 Å². The number of rotatable bonds is 6. The van der Waals surface area contributed by atoms with E-state index in [-0.39, 0.29) is 36.6 Å². The van der Waals surface area contributed by atoms with E-state index in [4.69, 9.17) is 18.9 Å². The van der Waals surface area contributed by atoms with Crippen LogP contribution in [-0.4, -0.2) is 49.3 Å². The van der Waals surface area contributed by atoms with Gasteiger partial charge in [-0.15, -0.1) is 0 Å². The second kappa shape index (κ2) is 7.09. The fourth-order valence-corrected chi connectivity index (χ4v) is 2.84. The molecule has 4 atom stereocenters. The van der Waals surface area contributed by atoms with Gasteiger partial charge in [0.2, 0.25) is 0 Å². The van der Waals surface area contributed by atoms with Crippen molar-refractivity contribution in [3.8, 4) is 0 Å². The average molecular weight is 335 g/mol. The highest BCUT2D eigenvalue weighted by molar-refractivity contribution is 5.67. The lowest BCUT2D eigenvalue weighted by atomic mass is 10.1. The third kappa shape index (κ3) is 4.69. The molecule has 2 heterocycles. The number of carbonyl (C=O) groups is 1. The van der Waals surface area contributed by atoms with Crippen LogP contribution in [-0.2, 0) is 25.6 Å². The van der Waals surface area contributed by atoms with Crippen molar-refractivity contribution in [1.82, 2.24) is 5.32 Å². The van der Waals surface area contributed by atoms with Gasteiger partial charge in [-0.05, 0) is 26.3 Å². The molecule has 1 aromatic carbocycles. The van der Waals surface area contributed by atoms with Crippen molar-refractivity contribution in [2.75, 3.05) is 13.2 Å². The molecular weight excluding hydrogens is 310 g/mol. The number of benzene rings is 1. The largest absolute Gasteiger partial charge is 0.445 e. The summed E-state index contributed by atoms with van der Waals surface area (Å²) in [5, 5.41) is 2.77. The zero-order chi connectivity index (χ0) is 17.2. The van der Waals surface area contributed by atoms with Crippen LogP contribution in [0.4, 0.5) is 4.79 Å². The monoisotopic (exact) mass is 335 g/mol. The molecule has 2 fully saturated rings. The van der Waals surface area contributed by atoms with Gasteiger partial charge in [-0.1, -0.05) is 30.3 Å². The molecule has 2 saturated heterocycles. The minimum absolute atomic E-state index is 0.0829. The lowest BCUT2D eigenvalue weighted by molar-refractivity contribution is -0.129. The summed E-state index contributed by atoms with van der Waals surface area (Å²) in [7, 11) is 0. The Hall–Kier alpha value is -1.63. The zero-order valence-electron chi connectivity index (χ0n) is 14.4. The van der Waals surface area contributed by atoms with Crippen LogP contribution in [0, 0.1) is 0 Å². The van der Waals surface area contributed by atoms with Gasteiger partial charge in [0.05, 0.1) is 12.2 Å². The molecule has 0 bridgehead atoms. The quantitative estimate of drug-likeness (QED) is 0.808. The van der Waals surface area contributed by atoms with Crippen molar-refractivity contribution >= 4 is 6.09 Å². The Kier molecular flexibility index (Phi) is 5.08. The van der Waals surface area contributed by atoms with Gasteiger partial charge in [0.25, 0.3) is 0 Å². The van der Waals surface area contributed by atoms with Crippen LogP contribution in [0.15, 0.2) is 30.3 Å². The normalized spacial score (nSPS) is 26.5. The van der Waals surface area contributed by atoms with Crippen LogP contribution in [0.2, 0.25) is 0 Å². The minimum atomic E-state index is -0.465. The first-order valence-corrected chi connectivity index (χ1v) is 8.32. The Morgan fingerprint density at radius 2 is 2.08 bits per heavy atom. The Balaban J connectivity index is 1.48. The Morgan fingerprint density at radius 1 is 1.33 bits per heavy atom. The summed E-state index contributed by atoms with van der Waals surface area (Å²) in [5.41, 5.74) is 0.611. The lowest BCUT2D eigenvalue weighted by Gasteiger charge is -2.31. The van der Waals surface area contributed by atoms with Gasteiger partial charge in [0.1, 0.15) is 31.0 Å². The Morgan fingerprint density at radius 3 is 2.67 bits per heavy atom. The molecule has 24 heavy (non-hydrogen) atoms. The molecule has 3 rings (SSSR count). The van der Waals surface area contributed by atoms with Crippen molar-refractivity contribution in [2.24, 2.45) is 0 Å². The maximum atomic E-state index is 11.9. The third-order valence-corrected chi connectivity index (χ3v) is 3.93. The van der Waals surface area contributed by atoms with Crippen molar-refractivity contribution < 1.29 is 23.7 Å². The Bertz CT molecular complexity index is 556. The zero-order valence-corrected chi connectivity index (χ0v) is 14.4. The van der Waals surface area contributed by atoms with Gasteiger partial charge in [0.15, 0.2) is 0 Å². The molecule has 0 unspecified atom stereocenters. The summed E-state index contributed by atoms with van der Waals surface area (Å²) in [6.07, 6.45) is -0.617. The van der Waals surface area contributed by atoms with Gasteiger partial charge < -0.3 is 24.3 Å². The smallest absolute Gasteiger partial charge is 0.407 e. The van der Waals surface area contributed by atoms with E-state index < -0.39 is 6.09 Å². The van der Waals surface area contributed by atoms with Gasteiger partial charge in [0, 0.05) is 6.54 Å². The highest BCUT2D eigenvalue weighted by Crippen LogP contribution is 2.37. The number of nitrogens with one attached hydrogen (secondary N) is 1. The number of carbonyl (C=O) groups excluding carboxylic acids is 1. The Labute approximate surface area is 142 Å². The van der Waals surface area contributed by atoms with E-state index in [2.05, 4.69) is 5.32 Å². The molecule has 0 aromatic heterocycles. The van der Waals surface area contributed by atoms with Crippen LogP contribution in [0.5, 0.6) is 0 Å². The van der Waals surface area contributed by atoms with E-state index >= 15 is 0 Å². The van der Waals surface area contributed by atoms with Crippen molar-refractivity contribution in [3.63, 3.8) is 0 Å². The van der Waals surface area contributed by atoms with Crippen LogP contribution in [0.3, 0.4) is 0 Å². The van der Waals surface area contributed by atoms with E-state index in [1.54, 1.807) is 0 Å². The van der Waals surface area contributed by atoms with E-state index in [0.717, 1.165) is 5.56 Å². The van der Waals surface area contributed by atoms with E-state index in [1.165, 1.54) is 0 Å². The number of epoxide rings is 1. The van der Waals surface area contributed by atoms with Crippen LogP contribution >= 0.6 is 0 Å². The SMILES string of the molecule is CC(C)(C)O[C@@H](CNC(=O)OCc1ccccc1)[C@H]1OC[C@H]2O[C@@H]12. The summed E-state index contributed by atoms with van der Waals surface area (Å²) >= 11 is 0. The topological polar surface area (TPSA) is 69.3 Å². The highest BCUT2D eigenvalue weighted by atomic mass is 16.7. The first-order valence-electron chi connectivity index (χ1n) is 8.32. The predicted molar refractivity (Wildman–Crippen MR) is 87.7 cm³/mol. The number of hydrogen-bond donors (Lipinski definition) is 1. The summed E-state index contributed by atoms with van der Waals surface area (Å²) in [6.45, 7) is 7.10. The molecule has 132 valence electrons. The molecule has 0 saturated carbocycles. The standard InChI is InChI=1S/C18H25NO5/c1-18(2,3)24-13(15-16-14(23-16)11-21-15)9-19-17(20)22-10-12-7-5-4-6-8-12/h4-8,13-16H,9-11H2,1-3H3,(H,19,20)/t13-,14+,15+,16+/m0/s1. The molecule has 0 aliphatic carbocycles. The molecule has 0 spiro atoms. The molecule has 0 radical (unpaired) electrons. The second-order valence-electron chi connectivity index (χ2n) is 7.15. The summed E-state index contributed by atoms with van der Waals surface area (Å²) in [4.78, 5) is 11.9. The number of alkyl carbamates (subject to hydrolysis) is 1. The van der Waals surface area contributed by atoms with Crippen molar-refractivity contribution in [1.29, 1.82) is 0 Å². The molecule has 1 N–H and O–H groups in total. The molecule has 6 heteroatoms. The lowest BCUT2D eigenvalue weighted by Crippen LogP contribution is -2.46. The summed E-state index contributed by atoms with van der Waals surface area (Å²) in [5.74, 6) is 0. The van der Waals surface area contributed by atoms with Gasteiger partial charge >= 0.3 is 6.09 Å². The minimum Gasteiger partial charge on any atom is -0.445 e. The fourth-order valence-electron chi connectivity index (χ4n) is 2.84. The molecule has 2 aliphatic rings. The fraction of sp³-hybridized carbons (Fsp3) is 0.611. The van der Waals surface area contributed by atoms with Crippen LogP contribution in [0.25, 0.3) is 0 Å². The molecule has 1 aromatic rings. The van der Waals surface area contributed by atoms with Gasteiger partial charge in [-0.2, -0.15) is 0 Å². The second-order valence-corrected chi connectivity index (χ2v) is 7.15. The highest BCUT2D eigenvalue weighted by Gasteiger charge is 2.55. The van der Waals surface area contributed by atoms with Crippen molar-refractivity contribution in [3.05, 3.63) is 35.9 Å². The maximum absolute atomic E-state index is 11.9. The number of hydrogen-bond acceptors (Lipinski definition) is 5. The van der Waals surface area contributed by atoms with Crippen LogP contribution in [0.1, 0.15) is 26.3 Å². The van der Waals surface area contributed by atoms with Crippen molar-refractivity contribution in [2.45, 2.75) is 57.4 Å².